The molecule has 2 heterocycles. The lowest BCUT2D eigenvalue weighted by Crippen LogP contribution is -2.26. The summed E-state index contributed by atoms with van der Waals surface area (Å²) in [5.41, 5.74) is 1.07. The van der Waals surface area contributed by atoms with E-state index in [4.69, 9.17) is 4.74 Å². The van der Waals surface area contributed by atoms with Crippen molar-refractivity contribution in [2.75, 3.05) is 0 Å². The molecule has 0 saturated heterocycles. The number of hydrogen-bond donors (Lipinski definition) is 0. The van der Waals surface area contributed by atoms with Gasteiger partial charge >= 0.3 is 0 Å². The molecule has 0 N–H and O–H groups in total. The van der Waals surface area contributed by atoms with Gasteiger partial charge in [0, 0.05) is 16.3 Å². The van der Waals surface area contributed by atoms with Gasteiger partial charge in [-0.2, -0.15) is 0 Å². The van der Waals surface area contributed by atoms with Crippen molar-refractivity contribution in [3.63, 3.8) is 0 Å². The normalized spacial score (nSPS) is 19.1. The molecule has 1 aromatic rings. The highest BCUT2D eigenvalue weighted by atomic mass is 32.1. The van der Waals surface area contributed by atoms with Crippen LogP contribution in [0.2, 0.25) is 0 Å². The molecule has 0 radical (unpaired) electrons. The maximum absolute atomic E-state index is 5.68. The molecule has 1 nitrogen and oxygen atoms in total. The number of ether oxygens (including phenoxy) is 1. The summed E-state index contributed by atoms with van der Waals surface area (Å²) in [5.74, 6) is 1.02. The van der Waals surface area contributed by atoms with Gasteiger partial charge in [-0.1, -0.05) is 6.08 Å². The summed E-state index contributed by atoms with van der Waals surface area (Å²) in [4.78, 5) is 0. The summed E-state index contributed by atoms with van der Waals surface area (Å²) >= 11 is 1.68. The lowest BCUT2D eigenvalue weighted by molar-refractivity contribution is 0.160. The molecule has 2 rings (SSSR count). The molecule has 0 saturated carbocycles. The average Bonchev–Trinajstić information content (AvgIpc) is 2.31. The van der Waals surface area contributed by atoms with Gasteiger partial charge in [0.1, 0.15) is 11.4 Å². The van der Waals surface area contributed by atoms with E-state index < -0.39 is 0 Å². The summed E-state index contributed by atoms with van der Waals surface area (Å²) in [7, 11) is 0. The van der Waals surface area contributed by atoms with E-state index in [0.29, 0.717) is 0 Å². The van der Waals surface area contributed by atoms with Crippen molar-refractivity contribution in [1.82, 2.24) is 0 Å². The van der Waals surface area contributed by atoms with E-state index in [9.17, 15) is 0 Å². The highest BCUT2D eigenvalue weighted by Crippen LogP contribution is 2.33. The molecule has 0 unspecified atom stereocenters. The van der Waals surface area contributed by atoms with E-state index in [1.54, 1.807) is 11.3 Å². The number of fused-ring (bicyclic) bond motifs is 1. The average molecular weight is 166 g/mol. The maximum Gasteiger partial charge on any atom is 0.138 e. The first-order valence-electron chi connectivity index (χ1n) is 3.62. The van der Waals surface area contributed by atoms with Crippen LogP contribution < -0.4 is 4.74 Å². The SMILES string of the molecule is CC1(C)C=Cc2cscc2O1. The fourth-order valence-corrected chi connectivity index (χ4v) is 1.82. The first kappa shape index (κ1) is 6.92. The fraction of sp³-hybridized carbons (Fsp3) is 0.333. The van der Waals surface area contributed by atoms with Crippen LogP contribution in [0.3, 0.4) is 0 Å². The second-order valence-corrected chi connectivity index (χ2v) is 3.97. The zero-order chi connectivity index (χ0) is 7.90. The van der Waals surface area contributed by atoms with E-state index in [2.05, 4.69) is 31.4 Å². The molecule has 0 aliphatic carbocycles. The van der Waals surface area contributed by atoms with Crippen LogP contribution in [0, 0.1) is 0 Å². The topological polar surface area (TPSA) is 9.23 Å². The molecule has 0 spiro atoms. The molecule has 0 amide bonds. The minimum Gasteiger partial charge on any atom is -0.482 e. The minimum atomic E-state index is -0.131. The van der Waals surface area contributed by atoms with Gasteiger partial charge in [0.25, 0.3) is 0 Å². The molecule has 0 fully saturated rings. The highest BCUT2D eigenvalue weighted by Gasteiger charge is 2.21. The minimum absolute atomic E-state index is 0.131. The van der Waals surface area contributed by atoms with Crippen molar-refractivity contribution < 1.29 is 4.74 Å². The van der Waals surface area contributed by atoms with Gasteiger partial charge in [0.2, 0.25) is 0 Å². The molecule has 1 aromatic heterocycles. The van der Waals surface area contributed by atoms with E-state index >= 15 is 0 Å². The molecule has 0 bridgehead atoms. The van der Waals surface area contributed by atoms with Gasteiger partial charge in [-0.25, -0.2) is 0 Å². The molecular weight excluding hydrogens is 156 g/mol. The Labute approximate surface area is 70.3 Å². The van der Waals surface area contributed by atoms with Gasteiger partial charge < -0.3 is 4.74 Å². The zero-order valence-corrected chi connectivity index (χ0v) is 7.44. The number of rotatable bonds is 0. The van der Waals surface area contributed by atoms with Gasteiger partial charge in [-0.3, -0.25) is 0 Å². The van der Waals surface area contributed by atoms with Gasteiger partial charge in [-0.15, -0.1) is 11.3 Å². The Kier molecular flexibility index (Phi) is 1.33. The van der Waals surface area contributed by atoms with Crippen LogP contribution in [0.25, 0.3) is 6.08 Å². The Morgan fingerprint density at radius 1 is 1.36 bits per heavy atom. The van der Waals surface area contributed by atoms with E-state index in [-0.39, 0.29) is 5.60 Å². The summed E-state index contributed by atoms with van der Waals surface area (Å²) in [6.45, 7) is 4.12. The van der Waals surface area contributed by atoms with Gasteiger partial charge in [0.15, 0.2) is 0 Å². The predicted molar refractivity (Wildman–Crippen MR) is 48.1 cm³/mol. The smallest absolute Gasteiger partial charge is 0.138 e. The van der Waals surface area contributed by atoms with Gasteiger partial charge in [-0.05, 0) is 19.9 Å². The molecule has 11 heavy (non-hydrogen) atoms. The Balaban J connectivity index is 2.44. The molecule has 1 aliphatic heterocycles. The third kappa shape index (κ3) is 1.18. The van der Waals surface area contributed by atoms with Crippen LogP contribution in [-0.4, -0.2) is 5.60 Å². The third-order valence-corrected chi connectivity index (χ3v) is 2.43. The van der Waals surface area contributed by atoms with Crippen molar-refractivity contribution in [3.05, 3.63) is 22.4 Å². The molecule has 2 heteroatoms. The summed E-state index contributed by atoms with van der Waals surface area (Å²) < 4.78 is 5.68. The summed E-state index contributed by atoms with van der Waals surface area (Å²) in [5, 5.41) is 4.14. The van der Waals surface area contributed by atoms with E-state index in [1.165, 1.54) is 5.56 Å². The largest absolute Gasteiger partial charge is 0.482 e. The monoisotopic (exact) mass is 166 g/mol. The summed E-state index contributed by atoms with van der Waals surface area (Å²) in [6, 6.07) is 0. The van der Waals surface area contributed by atoms with Crippen molar-refractivity contribution in [2.24, 2.45) is 0 Å². The fourth-order valence-electron chi connectivity index (χ4n) is 1.11. The van der Waals surface area contributed by atoms with Crippen LogP contribution in [0.1, 0.15) is 19.4 Å². The second-order valence-electron chi connectivity index (χ2n) is 3.23. The maximum atomic E-state index is 5.68. The lowest BCUT2D eigenvalue weighted by atomic mass is 10.1. The molecule has 0 aromatic carbocycles. The first-order chi connectivity index (χ1) is 5.17. The third-order valence-electron chi connectivity index (χ3n) is 1.69. The van der Waals surface area contributed by atoms with Crippen LogP contribution >= 0.6 is 11.3 Å². The van der Waals surface area contributed by atoms with E-state index in [1.807, 2.05) is 5.38 Å². The summed E-state index contributed by atoms with van der Waals surface area (Å²) in [6.07, 6.45) is 4.21. The second kappa shape index (κ2) is 2.11. The van der Waals surface area contributed by atoms with Crippen LogP contribution in [0.15, 0.2) is 16.8 Å². The highest BCUT2D eigenvalue weighted by molar-refractivity contribution is 7.08. The molecule has 58 valence electrons. The number of thiophene rings is 1. The zero-order valence-electron chi connectivity index (χ0n) is 6.63. The Hall–Kier alpha value is -0.760. The van der Waals surface area contributed by atoms with Crippen molar-refractivity contribution >= 4 is 17.4 Å². The molecule has 1 aliphatic rings. The van der Waals surface area contributed by atoms with Crippen molar-refractivity contribution in [2.45, 2.75) is 19.4 Å². The first-order valence-corrected chi connectivity index (χ1v) is 4.56. The predicted octanol–water partition coefficient (Wildman–Crippen LogP) is 2.93. The van der Waals surface area contributed by atoms with Crippen molar-refractivity contribution in [3.8, 4) is 5.75 Å². The Bertz CT molecular complexity index is 296. The van der Waals surface area contributed by atoms with Crippen molar-refractivity contribution in [1.29, 1.82) is 0 Å². The lowest BCUT2D eigenvalue weighted by Gasteiger charge is -2.25. The molecule has 0 atom stereocenters. The standard InChI is InChI=1S/C9H10OS/c1-9(2)4-3-7-5-11-6-8(7)10-9/h3-6H,1-2H3. The number of hydrogen-bond acceptors (Lipinski definition) is 2. The van der Waals surface area contributed by atoms with Gasteiger partial charge in [0.05, 0.1) is 0 Å². The van der Waals surface area contributed by atoms with Crippen LogP contribution in [0.4, 0.5) is 0 Å². The molecular formula is C9H10OS. The van der Waals surface area contributed by atoms with Crippen LogP contribution in [-0.2, 0) is 0 Å². The van der Waals surface area contributed by atoms with E-state index in [0.717, 1.165) is 5.75 Å². The quantitative estimate of drug-likeness (QED) is 0.575. The Morgan fingerprint density at radius 3 is 3.00 bits per heavy atom. The Morgan fingerprint density at radius 2 is 2.18 bits per heavy atom. The van der Waals surface area contributed by atoms with Crippen LogP contribution in [0.5, 0.6) is 5.75 Å².